The molecular formula is C29H30N2O2. The molecule has 1 aromatic heterocycles. The molecule has 0 saturated heterocycles. The third-order valence-electron chi connectivity index (χ3n) is 5.78. The molecule has 0 aliphatic heterocycles. The highest BCUT2D eigenvalue weighted by Gasteiger charge is 2.17. The van der Waals surface area contributed by atoms with E-state index in [-0.39, 0.29) is 12.5 Å². The molecule has 0 radical (unpaired) electrons. The maximum Gasteiger partial charge on any atom is 0.249 e. The maximum atomic E-state index is 13.2. The molecule has 3 aromatic carbocycles. The quantitative estimate of drug-likeness (QED) is 0.323. The van der Waals surface area contributed by atoms with Crippen LogP contribution in [0.2, 0.25) is 0 Å². The number of aryl methyl sites for hydroxylation is 1. The van der Waals surface area contributed by atoms with Gasteiger partial charge in [0.15, 0.2) is 0 Å². The third-order valence-corrected chi connectivity index (χ3v) is 5.78. The molecule has 4 rings (SSSR count). The molecule has 0 unspecified atom stereocenters. The topological polar surface area (TPSA) is 34.5 Å². The molecule has 0 bridgehead atoms. The first-order valence-corrected chi connectivity index (χ1v) is 11.3. The standard InChI is InChI=1S/C29H30N2O2/c1-24-11-8-9-16-27(24)20-30-18-10-17-28(30)21-31(19-25-12-4-2-5-13-25)29(32)23-33-22-26-14-6-3-7-15-26/h2-18H,19-23H2,1H3. The van der Waals surface area contributed by atoms with Crippen molar-refractivity contribution in [3.05, 3.63) is 131 Å². The van der Waals surface area contributed by atoms with E-state index in [1.807, 2.05) is 59.5 Å². The Hall–Kier alpha value is -3.63. The number of benzene rings is 3. The van der Waals surface area contributed by atoms with E-state index >= 15 is 0 Å². The van der Waals surface area contributed by atoms with Gasteiger partial charge < -0.3 is 14.2 Å². The average Bonchev–Trinajstić information content (AvgIpc) is 3.28. The molecule has 1 amide bonds. The van der Waals surface area contributed by atoms with Crippen molar-refractivity contribution in [1.29, 1.82) is 0 Å². The summed E-state index contributed by atoms with van der Waals surface area (Å²) in [6, 6.07) is 32.6. The van der Waals surface area contributed by atoms with Gasteiger partial charge >= 0.3 is 0 Å². The highest BCUT2D eigenvalue weighted by Crippen LogP contribution is 2.16. The van der Waals surface area contributed by atoms with E-state index < -0.39 is 0 Å². The fraction of sp³-hybridized carbons (Fsp3) is 0.207. The summed E-state index contributed by atoms with van der Waals surface area (Å²) in [5, 5.41) is 0. The number of amides is 1. The molecule has 4 nitrogen and oxygen atoms in total. The summed E-state index contributed by atoms with van der Waals surface area (Å²) in [6.07, 6.45) is 2.08. The Kier molecular flexibility index (Phi) is 7.72. The van der Waals surface area contributed by atoms with Crippen molar-refractivity contribution >= 4 is 5.91 Å². The monoisotopic (exact) mass is 438 g/mol. The second kappa shape index (κ2) is 11.3. The Morgan fingerprint density at radius 1 is 0.788 bits per heavy atom. The Balaban J connectivity index is 1.46. The van der Waals surface area contributed by atoms with E-state index in [1.54, 1.807) is 0 Å². The zero-order chi connectivity index (χ0) is 22.9. The van der Waals surface area contributed by atoms with Gasteiger partial charge in [-0.25, -0.2) is 0 Å². The fourth-order valence-corrected chi connectivity index (χ4v) is 3.87. The smallest absolute Gasteiger partial charge is 0.249 e. The van der Waals surface area contributed by atoms with Crippen molar-refractivity contribution in [3.8, 4) is 0 Å². The Morgan fingerprint density at radius 2 is 1.45 bits per heavy atom. The number of hydrogen-bond donors (Lipinski definition) is 0. The molecule has 0 N–H and O–H groups in total. The summed E-state index contributed by atoms with van der Waals surface area (Å²) < 4.78 is 7.98. The van der Waals surface area contributed by atoms with Gasteiger partial charge in [0.1, 0.15) is 6.61 Å². The minimum atomic E-state index is -0.0153. The summed E-state index contributed by atoms with van der Waals surface area (Å²) in [7, 11) is 0. The minimum absolute atomic E-state index is 0.0153. The number of rotatable bonds is 10. The van der Waals surface area contributed by atoms with Gasteiger partial charge in [0.05, 0.1) is 13.2 Å². The molecule has 0 spiro atoms. The van der Waals surface area contributed by atoms with Crippen LogP contribution in [0.1, 0.15) is 27.9 Å². The Labute approximate surface area is 196 Å². The van der Waals surface area contributed by atoms with E-state index in [2.05, 4.69) is 60.2 Å². The second-order valence-electron chi connectivity index (χ2n) is 8.27. The van der Waals surface area contributed by atoms with Crippen LogP contribution in [0.4, 0.5) is 0 Å². The Morgan fingerprint density at radius 3 is 2.18 bits per heavy atom. The number of carbonyl (C=O) groups excluding carboxylic acids is 1. The van der Waals surface area contributed by atoms with Crippen LogP contribution >= 0.6 is 0 Å². The van der Waals surface area contributed by atoms with Gasteiger partial charge in [0, 0.05) is 25.0 Å². The van der Waals surface area contributed by atoms with Crippen LogP contribution in [0.5, 0.6) is 0 Å². The molecule has 0 aliphatic rings. The predicted octanol–water partition coefficient (Wildman–Crippen LogP) is 5.59. The normalized spacial score (nSPS) is 10.8. The van der Waals surface area contributed by atoms with E-state index in [4.69, 9.17) is 4.74 Å². The zero-order valence-corrected chi connectivity index (χ0v) is 19.1. The van der Waals surface area contributed by atoms with Crippen molar-refractivity contribution < 1.29 is 9.53 Å². The maximum absolute atomic E-state index is 13.2. The number of carbonyl (C=O) groups is 1. The van der Waals surface area contributed by atoms with Crippen LogP contribution < -0.4 is 0 Å². The highest BCUT2D eigenvalue weighted by molar-refractivity contribution is 5.77. The van der Waals surface area contributed by atoms with Gasteiger partial charge in [-0.05, 0) is 41.3 Å². The lowest BCUT2D eigenvalue weighted by atomic mass is 10.1. The molecule has 4 aromatic rings. The summed E-state index contributed by atoms with van der Waals surface area (Å²) in [5.74, 6) is -0.0153. The first-order valence-electron chi connectivity index (χ1n) is 11.3. The summed E-state index contributed by atoms with van der Waals surface area (Å²) >= 11 is 0. The molecule has 168 valence electrons. The first kappa shape index (κ1) is 22.6. The van der Waals surface area contributed by atoms with Gasteiger partial charge in [-0.1, -0.05) is 84.9 Å². The molecule has 1 heterocycles. The summed E-state index contributed by atoms with van der Waals surface area (Å²) in [4.78, 5) is 15.1. The van der Waals surface area contributed by atoms with Crippen molar-refractivity contribution in [2.75, 3.05) is 6.61 Å². The largest absolute Gasteiger partial charge is 0.367 e. The molecular weight excluding hydrogens is 408 g/mol. The number of nitrogens with zero attached hydrogens (tertiary/aromatic N) is 2. The van der Waals surface area contributed by atoms with Gasteiger partial charge in [0.2, 0.25) is 5.91 Å². The van der Waals surface area contributed by atoms with Crippen LogP contribution in [0.3, 0.4) is 0 Å². The fourth-order valence-electron chi connectivity index (χ4n) is 3.87. The SMILES string of the molecule is Cc1ccccc1Cn1cccc1CN(Cc1ccccc1)C(=O)COCc1ccccc1. The number of hydrogen-bond acceptors (Lipinski definition) is 2. The predicted molar refractivity (Wildman–Crippen MR) is 132 cm³/mol. The Bertz CT molecular complexity index is 1150. The molecule has 0 aliphatic carbocycles. The highest BCUT2D eigenvalue weighted by atomic mass is 16.5. The van der Waals surface area contributed by atoms with Gasteiger partial charge in [-0.3, -0.25) is 4.79 Å². The molecule has 0 saturated carbocycles. The van der Waals surface area contributed by atoms with Crippen molar-refractivity contribution in [2.45, 2.75) is 33.2 Å². The van der Waals surface area contributed by atoms with E-state index in [0.717, 1.165) is 23.4 Å². The van der Waals surface area contributed by atoms with E-state index in [1.165, 1.54) is 11.1 Å². The van der Waals surface area contributed by atoms with Gasteiger partial charge in [-0.15, -0.1) is 0 Å². The van der Waals surface area contributed by atoms with Crippen LogP contribution in [0.25, 0.3) is 0 Å². The van der Waals surface area contributed by atoms with Gasteiger partial charge in [-0.2, -0.15) is 0 Å². The minimum Gasteiger partial charge on any atom is -0.367 e. The summed E-state index contributed by atoms with van der Waals surface area (Å²) in [5.41, 5.74) is 5.81. The van der Waals surface area contributed by atoms with E-state index in [0.29, 0.717) is 19.7 Å². The van der Waals surface area contributed by atoms with E-state index in [9.17, 15) is 4.79 Å². The molecule has 0 fully saturated rings. The molecule has 4 heteroatoms. The first-order chi connectivity index (χ1) is 16.2. The number of aromatic nitrogens is 1. The van der Waals surface area contributed by atoms with Gasteiger partial charge in [0.25, 0.3) is 0 Å². The second-order valence-corrected chi connectivity index (χ2v) is 8.27. The van der Waals surface area contributed by atoms with Crippen LogP contribution in [0.15, 0.2) is 103 Å². The van der Waals surface area contributed by atoms with Crippen molar-refractivity contribution in [1.82, 2.24) is 9.47 Å². The van der Waals surface area contributed by atoms with Crippen molar-refractivity contribution in [3.63, 3.8) is 0 Å². The van der Waals surface area contributed by atoms with Crippen LogP contribution in [-0.4, -0.2) is 22.0 Å². The lowest BCUT2D eigenvalue weighted by Gasteiger charge is -2.24. The van der Waals surface area contributed by atoms with Crippen LogP contribution in [-0.2, 0) is 35.8 Å². The summed E-state index contributed by atoms with van der Waals surface area (Å²) in [6.45, 7) is 4.47. The zero-order valence-electron chi connectivity index (χ0n) is 19.1. The van der Waals surface area contributed by atoms with Crippen LogP contribution in [0, 0.1) is 6.92 Å². The molecule has 0 atom stereocenters. The van der Waals surface area contributed by atoms with Crippen molar-refractivity contribution in [2.24, 2.45) is 0 Å². The number of ether oxygens (including phenoxy) is 1. The molecule has 33 heavy (non-hydrogen) atoms. The average molecular weight is 439 g/mol. The lowest BCUT2D eigenvalue weighted by Crippen LogP contribution is -2.34. The third kappa shape index (κ3) is 6.43. The lowest BCUT2D eigenvalue weighted by molar-refractivity contribution is -0.138.